The predicted molar refractivity (Wildman–Crippen MR) is 199 cm³/mol. The summed E-state index contributed by atoms with van der Waals surface area (Å²) < 4.78 is 41.4. The van der Waals surface area contributed by atoms with Crippen molar-refractivity contribution in [1.29, 1.82) is 5.26 Å². The molecule has 16 heteroatoms. The Bertz CT molecular complexity index is 2340. The third kappa shape index (κ3) is 7.39. The lowest BCUT2D eigenvalue weighted by Crippen LogP contribution is -2.49. The third-order valence-corrected chi connectivity index (χ3v) is 10.8. The van der Waals surface area contributed by atoms with Crippen LogP contribution in [0.4, 0.5) is 35.0 Å². The molecule has 0 radical (unpaired) electrons. The Morgan fingerprint density at radius 2 is 1.73 bits per heavy atom. The number of nitriles is 1. The van der Waals surface area contributed by atoms with Gasteiger partial charge in [0.2, 0.25) is 5.91 Å². The molecule has 4 amide bonds. The van der Waals surface area contributed by atoms with Crippen molar-refractivity contribution in [2.45, 2.75) is 44.3 Å². The molecule has 3 aliphatic rings. The molecule has 3 aromatic heterocycles. The van der Waals surface area contributed by atoms with Crippen LogP contribution in [0.1, 0.15) is 59.9 Å². The molecular weight excluding hydrogens is 713 g/mol. The number of carbonyl (C=O) groups excluding carboxylic acids is 3. The predicted octanol–water partition coefficient (Wildman–Crippen LogP) is 6.12. The average Bonchev–Trinajstić information content (AvgIpc) is 3.60. The highest BCUT2D eigenvalue weighted by molar-refractivity contribution is 6.11. The molecule has 282 valence electrons. The molecule has 1 aliphatic carbocycles. The number of hydrogen-bond acceptors (Lipinski definition) is 9. The monoisotopic (exact) mass is 750 g/mol. The minimum absolute atomic E-state index is 0.147. The lowest BCUT2D eigenvalue weighted by Gasteiger charge is -2.39. The Morgan fingerprint density at radius 1 is 0.945 bits per heavy atom. The molecule has 0 spiro atoms. The van der Waals surface area contributed by atoms with Crippen molar-refractivity contribution in [2.24, 2.45) is 5.92 Å². The van der Waals surface area contributed by atoms with Crippen molar-refractivity contribution in [1.82, 2.24) is 30.0 Å². The van der Waals surface area contributed by atoms with E-state index in [0.29, 0.717) is 29.1 Å². The summed E-state index contributed by atoms with van der Waals surface area (Å²) in [5.41, 5.74) is 1.11. The van der Waals surface area contributed by atoms with Crippen LogP contribution in [0.3, 0.4) is 0 Å². The molecule has 0 atom stereocenters. The molecule has 55 heavy (non-hydrogen) atoms. The van der Waals surface area contributed by atoms with Crippen LogP contribution in [0.25, 0.3) is 21.7 Å². The van der Waals surface area contributed by atoms with E-state index in [2.05, 4.69) is 42.5 Å². The summed E-state index contributed by atoms with van der Waals surface area (Å²) in [7, 11) is 0. The largest absolute Gasteiger partial charge is 0.433 e. The maximum atomic E-state index is 13.1. The summed E-state index contributed by atoms with van der Waals surface area (Å²) in [5.74, 6) is -0.569. The maximum absolute atomic E-state index is 13.1. The van der Waals surface area contributed by atoms with E-state index in [1.807, 2.05) is 29.2 Å². The van der Waals surface area contributed by atoms with Gasteiger partial charge in [0.25, 0.3) is 5.91 Å². The van der Waals surface area contributed by atoms with Crippen molar-refractivity contribution in [2.75, 3.05) is 54.4 Å². The Balaban J connectivity index is 0.868. The molecule has 3 fully saturated rings. The Kier molecular flexibility index (Phi) is 9.56. The number of alkyl halides is 3. The summed E-state index contributed by atoms with van der Waals surface area (Å²) in [6.45, 7) is 4.90. The van der Waals surface area contributed by atoms with Gasteiger partial charge in [0.05, 0.1) is 34.7 Å². The lowest BCUT2D eigenvalue weighted by atomic mass is 9.85. The fraction of sp³-hybridized carbons (Fsp3) is 0.359. The molecule has 5 aromatic rings. The van der Waals surface area contributed by atoms with E-state index in [1.54, 1.807) is 23.2 Å². The van der Waals surface area contributed by atoms with Crippen molar-refractivity contribution >= 4 is 56.6 Å². The second-order valence-corrected chi connectivity index (χ2v) is 14.3. The number of rotatable bonds is 7. The number of piperazine rings is 1. The number of aromatic nitrogens is 4. The van der Waals surface area contributed by atoms with Gasteiger partial charge in [0.15, 0.2) is 0 Å². The highest BCUT2D eigenvalue weighted by Crippen LogP contribution is 2.36. The lowest BCUT2D eigenvalue weighted by molar-refractivity contribution is -0.141. The molecule has 2 saturated heterocycles. The van der Waals surface area contributed by atoms with Crippen LogP contribution >= 0.6 is 0 Å². The number of hydrogen-bond donors (Lipinski definition) is 2. The number of halogens is 3. The van der Waals surface area contributed by atoms with Gasteiger partial charge in [-0.2, -0.15) is 23.5 Å². The second-order valence-electron chi connectivity index (χ2n) is 14.3. The van der Waals surface area contributed by atoms with E-state index in [0.717, 1.165) is 87.0 Å². The van der Waals surface area contributed by atoms with E-state index in [4.69, 9.17) is 5.10 Å². The molecule has 2 N–H and O–H groups in total. The highest BCUT2D eigenvalue weighted by Gasteiger charge is 2.33. The maximum Gasteiger partial charge on any atom is 0.433 e. The summed E-state index contributed by atoms with van der Waals surface area (Å²) in [5, 5.41) is 22.1. The van der Waals surface area contributed by atoms with Gasteiger partial charge in [-0.25, -0.2) is 9.78 Å². The fourth-order valence-corrected chi connectivity index (χ4v) is 7.96. The van der Waals surface area contributed by atoms with E-state index in [9.17, 15) is 32.8 Å². The van der Waals surface area contributed by atoms with Crippen molar-refractivity contribution in [3.05, 3.63) is 84.1 Å². The van der Waals surface area contributed by atoms with Gasteiger partial charge in [0, 0.05) is 79.9 Å². The van der Waals surface area contributed by atoms with E-state index >= 15 is 0 Å². The summed E-state index contributed by atoms with van der Waals surface area (Å²) in [4.78, 5) is 51.5. The molecule has 8 rings (SSSR count). The number of fused-ring (bicyclic) bond motifs is 2. The zero-order chi connectivity index (χ0) is 38.3. The number of anilines is 3. The van der Waals surface area contributed by atoms with Crippen LogP contribution in [-0.4, -0.2) is 81.8 Å². The summed E-state index contributed by atoms with van der Waals surface area (Å²) >= 11 is 0. The third-order valence-electron chi connectivity index (χ3n) is 10.8. The zero-order valence-electron chi connectivity index (χ0n) is 29.7. The molecule has 0 unspecified atom stereocenters. The fourth-order valence-electron chi connectivity index (χ4n) is 7.96. The normalized spacial score (nSPS) is 19.7. The quantitative estimate of drug-likeness (QED) is 0.200. The van der Waals surface area contributed by atoms with Crippen LogP contribution in [0, 0.1) is 17.2 Å². The number of urea groups is 1. The van der Waals surface area contributed by atoms with Crippen molar-refractivity contribution in [3.63, 3.8) is 0 Å². The molecule has 0 bridgehead atoms. The summed E-state index contributed by atoms with van der Waals surface area (Å²) in [6, 6.07) is 14.2. The average molecular weight is 751 g/mol. The first-order chi connectivity index (χ1) is 26.5. The van der Waals surface area contributed by atoms with Gasteiger partial charge in [-0.15, -0.1) is 0 Å². The Hall–Kier alpha value is -6.08. The van der Waals surface area contributed by atoms with Crippen LogP contribution in [-0.2, 0) is 11.0 Å². The van der Waals surface area contributed by atoms with Gasteiger partial charge in [-0.05, 0) is 61.9 Å². The molecule has 2 aromatic carbocycles. The molecule has 13 nitrogen and oxygen atoms in total. The van der Waals surface area contributed by atoms with Crippen LogP contribution in [0.15, 0.2) is 67.1 Å². The molecule has 1 saturated carbocycles. The Labute approximate surface area is 313 Å². The number of carbonyl (C=O) groups is 3. The number of pyridine rings is 2. The van der Waals surface area contributed by atoms with E-state index in [1.165, 1.54) is 6.07 Å². The van der Waals surface area contributed by atoms with Gasteiger partial charge in [0.1, 0.15) is 17.5 Å². The van der Waals surface area contributed by atoms with Crippen LogP contribution < -0.4 is 20.4 Å². The number of imide groups is 1. The second kappa shape index (κ2) is 14.6. The van der Waals surface area contributed by atoms with Gasteiger partial charge >= 0.3 is 12.2 Å². The minimum atomic E-state index is -4.69. The number of amides is 4. The minimum Gasteiger partial charge on any atom is -0.368 e. The molecule has 5 heterocycles. The number of benzene rings is 2. The smallest absolute Gasteiger partial charge is 0.368 e. The SMILES string of the molecule is N#Cc1cc2nn(C3CCC(CN4CCN(c5cccc6c(N7CCC(=O)NC7=O)cncc56)CC4)CC3)cc2cc1NC(=O)c1cccc(C(F)(F)F)n1. The van der Waals surface area contributed by atoms with Crippen molar-refractivity contribution in [3.8, 4) is 6.07 Å². The van der Waals surface area contributed by atoms with E-state index in [-0.39, 0.29) is 29.6 Å². The van der Waals surface area contributed by atoms with Gasteiger partial charge in [-0.3, -0.25) is 34.4 Å². The van der Waals surface area contributed by atoms with Crippen LogP contribution in [0.5, 0.6) is 0 Å². The summed E-state index contributed by atoms with van der Waals surface area (Å²) in [6.07, 6.45) is 4.96. The molecular formula is C39H37F3N10O3. The van der Waals surface area contributed by atoms with Crippen molar-refractivity contribution < 1.29 is 27.6 Å². The topological polar surface area (TPSA) is 152 Å². The van der Waals surface area contributed by atoms with Gasteiger partial charge in [-0.1, -0.05) is 18.2 Å². The first-order valence-electron chi connectivity index (χ1n) is 18.3. The van der Waals surface area contributed by atoms with E-state index < -0.39 is 29.5 Å². The first-order valence-corrected chi connectivity index (χ1v) is 18.3. The standard InChI is InChI=1S/C39H37F3N10O3/c40-39(41,42)35-6-2-4-30(45-35)37(54)46-31-18-26-23-52(48-32(26)17-25(31)19-43)27-9-7-24(8-10-27)22-49-13-15-50(16-14-49)33-5-1-3-28-29(33)20-44-21-34(28)51-12-11-36(53)47-38(51)55/h1-6,17-18,20-21,23-24,27H,7-16,22H2,(H,46,54)(H,47,53,55). The highest BCUT2D eigenvalue weighted by atomic mass is 19.4. The Morgan fingerprint density at radius 3 is 2.47 bits per heavy atom. The van der Waals surface area contributed by atoms with Crippen LogP contribution in [0.2, 0.25) is 0 Å². The number of nitrogens with one attached hydrogen (secondary N) is 2. The van der Waals surface area contributed by atoms with Gasteiger partial charge < -0.3 is 10.2 Å². The zero-order valence-corrected chi connectivity index (χ0v) is 29.7. The number of nitrogens with zero attached hydrogens (tertiary/aromatic N) is 8. The first kappa shape index (κ1) is 35.9. The molecule has 2 aliphatic heterocycles.